The number of halogens is 1. The molecule has 0 aliphatic carbocycles. The van der Waals surface area contributed by atoms with Crippen molar-refractivity contribution in [1.82, 2.24) is 4.98 Å². The topological polar surface area (TPSA) is 109 Å². The maximum atomic E-state index is 14.0. The van der Waals surface area contributed by atoms with Gasteiger partial charge in [0.1, 0.15) is 11.0 Å². The Balaban J connectivity index is 1.23. The van der Waals surface area contributed by atoms with E-state index in [4.69, 9.17) is 4.74 Å². The Morgan fingerprint density at radius 3 is 2.53 bits per heavy atom. The molecule has 0 spiro atoms. The number of H-pyrrole nitrogens is 1. The minimum Gasteiger partial charge on any atom is -0.483 e. The van der Waals surface area contributed by atoms with Crippen molar-refractivity contribution < 1.29 is 19.1 Å². The van der Waals surface area contributed by atoms with Gasteiger partial charge in [-0.1, -0.05) is 93.6 Å². The molecule has 214 valence electrons. The lowest BCUT2D eigenvalue weighted by atomic mass is 9.82. The number of rotatable bonds is 6. The van der Waals surface area contributed by atoms with Crippen molar-refractivity contribution in [3.05, 3.63) is 116 Å². The maximum absolute atomic E-state index is 14.0. The smallest absolute Gasteiger partial charge is 0.305 e. The number of para-hydroxylation sites is 1. The van der Waals surface area contributed by atoms with Crippen LogP contribution in [0.15, 0.2) is 105 Å². The molecule has 1 saturated heterocycles. The van der Waals surface area contributed by atoms with Crippen molar-refractivity contribution in [2.45, 2.75) is 16.2 Å². The maximum Gasteiger partial charge on any atom is 0.305 e. The largest absolute Gasteiger partial charge is 0.483 e. The number of anilines is 2. The second-order valence-electron chi connectivity index (χ2n) is 10.1. The number of nitrogens with zero attached hydrogens (tertiary/aromatic N) is 1. The molecule has 5 aromatic rings. The molecule has 0 saturated carbocycles. The highest BCUT2D eigenvalue weighted by Gasteiger charge is 2.56. The number of thiazole rings is 1. The van der Waals surface area contributed by atoms with Crippen molar-refractivity contribution in [2.24, 2.45) is 5.92 Å². The third-order valence-electron chi connectivity index (χ3n) is 7.57. The van der Waals surface area contributed by atoms with Crippen LogP contribution in [0.1, 0.15) is 16.4 Å². The molecule has 4 aromatic carbocycles. The van der Waals surface area contributed by atoms with E-state index in [9.17, 15) is 19.2 Å². The summed E-state index contributed by atoms with van der Waals surface area (Å²) < 4.78 is 6.83. The zero-order valence-corrected chi connectivity index (χ0v) is 25.5. The zero-order valence-electron chi connectivity index (χ0n) is 22.3. The number of benzene rings is 4. The molecular formula is C32H22BrN3O5S2. The Morgan fingerprint density at radius 2 is 1.70 bits per heavy atom. The van der Waals surface area contributed by atoms with E-state index in [-0.39, 0.29) is 29.2 Å². The summed E-state index contributed by atoms with van der Waals surface area (Å²) in [5.41, 5.74) is 1.78. The molecule has 0 radical (unpaired) electrons. The van der Waals surface area contributed by atoms with Crippen molar-refractivity contribution in [1.29, 1.82) is 0 Å². The number of aromatic nitrogens is 1. The van der Waals surface area contributed by atoms with Crippen molar-refractivity contribution >= 4 is 78.9 Å². The molecule has 3 atom stereocenters. The number of thioether (sulfide) groups is 1. The summed E-state index contributed by atoms with van der Waals surface area (Å²) in [6.45, 7) is -0.285. The van der Waals surface area contributed by atoms with Gasteiger partial charge in [0.25, 0.3) is 5.91 Å². The first-order chi connectivity index (χ1) is 20.9. The van der Waals surface area contributed by atoms with Crippen LogP contribution in [0, 0.1) is 5.92 Å². The summed E-state index contributed by atoms with van der Waals surface area (Å²) in [5.74, 6) is -2.07. The van der Waals surface area contributed by atoms with Crippen LogP contribution in [-0.2, 0) is 14.4 Å². The number of ether oxygens (including phenoxy) is 1. The summed E-state index contributed by atoms with van der Waals surface area (Å²) in [5, 5.41) is 4.68. The van der Waals surface area contributed by atoms with E-state index in [1.54, 1.807) is 36.4 Å². The number of hydrogen-bond acceptors (Lipinski definition) is 7. The van der Waals surface area contributed by atoms with Crippen LogP contribution in [0.3, 0.4) is 0 Å². The first-order valence-corrected chi connectivity index (χ1v) is 15.9. The molecule has 7 rings (SSSR count). The van der Waals surface area contributed by atoms with Crippen LogP contribution in [0.4, 0.5) is 11.4 Å². The van der Waals surface area contributed by atoms with Gasteiger partial charge < -0.3 is 15.0 Å². The Labute approximate surface area is 262 Å². The molecule has 11 heteroatoms. The van der Waals surface area contributed by atoms with E-state index in [1.165, 1.54) is 16.7 Å². The monoisotopic (exact) mass is 671 g/mol. The van der Waals surface area contributed by atoms with Crippen molar-refractivity contribution in [2.75, 3.05) is 16.8 Å². The third-order valence-corrected chi connectivity index (χ3v) is 10.5. The predicted octanol–water partition coefficient (Wildman–Crippen LogP) is 6.17. The first kappa shape index (κ1) is 27.6. The Hall–Kier alpha value is -4.19. The highest BCUT2D eigenvalue weighted by Crippen LogP contribution is 2.54. The fraction of sp³-hybridized carbons (Fsp3) is 0.125. The number of nitrogens with one attached hydrogen (secondary N) is 2. The minimum absolute atomic E-state index is 0.269. The number of fused-ring (bicyclic) bond motifs is 3. The van der Waals surface area contributed by atoms with Crippen molar-refractivity contribution in [3.63, 3.8) is 0 Å². The van der Waals surface area contributed by atoms with Gasteiger partial charge in [0.05, 0.1) is 16.6 Å². The number of amides is 3. The van der Waals surface area contributed by atoms with E-state index in [0.717, 1.165) is 26.6 Å². The van der Waals surface area contributed by atoms with Gasteiger partial charge in [-0.2, -0.15) is 0 Å². The number of carbonyl (C=O) groups excluding carboxylic acids is 3. The van der Waals surface area contributed by atoms with Gasteiger partial charge in [-0.25, -0.2) is 4.90 Å². The predicted molar refractivity (Wildman–Crippen MR) is 171 cm³/mol. The quantitative estimate of drug-likeness (QED) is 0.209. The molecule has 2 aliphatic rings. The average Bonchev–Trinajstić information content (AvgIpc) is 3.51. The Kier molecular flexibility index (Phi) is 7.16. The Morgan fingerprint density at radius 1 is 0.930 bits per heavy atom. The summed E-state index contributed by atoms with van der Waals surface area (Å²) in [6.07, 6.45) is 0. The summed E-state index contributed by atoms with van der Waals surface area (Å²) >= 11 is 5.77. The van der Waals surface area contributed by atoms with Crippen molar-refractivity contribution in [3.8, 4) is 5.75 Å². The highest BCUT2D eigenvalue weighted by molar-refractivity contribution is 9.10. The van der Waals surface area contributed by atoms with Crippen LogP contribution >= 0.6 is 39.0 Å². The number of carbonyl (C=O) groups is 3. The van der Waals surface area contributed by atoms with Gasteiger partial charge in [0.2, 0.25) is 11.8 Å². The van der Waals surface area contributed by atoms with Gasteiger partial charge in [0.15, 0.2) is 6.61 Å². The van der Waals surface area contributed by atoms with E-state index in [0.29, 0.717) is 32.6 Å². The molecule has 1 aromatic heterocycles. The van der Waals surface area contributed by atoms with Crippen LogP contribution in [0.5, 0.6) is 5.75 Å². The lowest BCUT2D eigenvalue weighted by Crippen LogP contribution is -2.32. The number of aromatic amines is 1. The second-order valence-corrected chi connectivity index (χ2v) is 13.2. The second kappa shape index (κ2) is 11.1. The molecule has 0 bridgehead atoms. The van der Waals surface area contributed by atoms with E-state index >= 15 is 0 Å². The standard InChI is InChI=1S/C32H22BrN3O5S2/c33-18-13-14-23(41-16-24(37)34-22-12-6-8-17-7-4-5-11-20(17)22)21(15-18)25-26-28(42-29-27(25)43-32(40)35-29)31(39)36(30(26)38)19-9-2-1-3-10-19/h1-15,25-26,28H,16H2,(H,34,37)(H,35,40)/t25-,26-,28+/m0/s1. The molecule has 3 heterocycles. The molecule has 2 aliphatic heterocycles. The van der Waals surface area contributed by atoms with Gasteiger partial charge in [-0.15, -0.1) is 0 Å². The fourth-order valence-electron chi connectivity index (χ4n) is 5.74. The number of imide groups is 1. The lowest BCUT2D eigenvalue weighted by Gasteiger charge is -2.31. The van der Waals surface area contributed by atoms with Gasteiger partial charge >= 0.3 is 4.87 Å². The summed E-state index contributed by atoms with van der Waals surface area (Å²) in [7, 11) is 0. The molecule has 43 heavy (non-hydrogen) atoms. The fourth-order valence-corrected chi connectivity index (χ4v) is 8.63. The van der Waals surface area contributed by atoms with E-state index in [1.807, 2.05) is 54.6 Å². The number of hydrogen-bond donors (Lipinski definition) is 2. The van der Waals surface area contributed by atoms with Crippen LogP contribution in [-0.4, -0.2) is 34.6 Å². The summed E-state index contributed by atoms with van der Waals surface area (Å²) in [4.78, 5) is 57.8. The molecule has 2 N–H and O–H groups in total. The van der Waals surface area contributed by atoms with Gasteiger partial charge in [-0.05, 0) is 41.8 Å². The summed E-state index contributed by atoms with van der Waals surface area (Å²) in [6, 6.07) is 27.6. The van der Waals surface area contributed by atoms with Crippen LogP contribution < -0.4 is 19.8 Å². The minimum atomic E-state index is -0.780. The van der Waals surface area contributed by atoms with Crippen LogP contribution in [0.25, 0.3) is 10.8 Å². The van der Waals surface area contributed by atoms with E-state index < -0.39 is 17.1 Å². The Bertz CT molecular complexity index is 1970. The van der Waals surface area contributed by atoms with Gasteiger partial charge in [0, 0.05) is 31.9 Å². The van der Waals surface area contributed by atoms with Gasteiger partial charge in [-0.3, -0.25) is 19.2 Å². The molecule has 1 fully saturated rings. The highest BCUT2D eigenvalue weighted by atomic mass is 79.9. The third kappa shape index (κ3) is 4.97. The average molecular weight is 673 g/mol. The zero-order chi connectivity index (χ0) is 29.7. The molecule has 0 unspecified atom stereocenters. The molecule has 3 amide bonds. The molecule has 8 nitrogen and oxygen atoms in total. The van der Waals surface area contributed by atoms with E-state index in [2.05, 4.69) is 26.2 Å². The SMILES string of the molecule is O=C(COc1ccc(Br)cc1[C@@H]1c2sc(=O)[nH]c2S[C@H]2C(=O)N(c3ccccc3)C(=O)[C@@H]12)Nc1cccc2ccccc12. The molecular weight excluding hydrogens is 650 g/mol. The lowest BCUT2D eigenvalue weighted by molar-refractivity contribution is -0.122. The normalized spacial score (nSPS) is 19.3. The van der Waals surface area contributed by atoms with Crippen LogP contribution in [0.2, 0.25) is 0 Å². The first-order valence-electron chi connectivity index (χ1n) is 13.4.